The highest BCUT2D eigenvalue weighted by molar-refractivity contribution is 5.33. The van der Waals surface area contributed by atoms with Gasteiger partial charge in [-0.2, -0.15) is 5.26 Å². The van der Waals surface area contributed by atoms with Gasteiger partial charge in [0, 0.05) is 0 Å². The fourth-order valence-corrected chi connectivity index (χ4v) is 2.62. The van der Waals surface area contributed by atoms with Crippen molar-refractivity contribution in [2.24, 2.45) is 0 Å². The SMILES string of the molecule is Cc1ccccc1OCCCCC(C#N)c1ccccc1C. The van der Waals surface area contributed by atoms with Crippen molar-refractivity contribution in [3.05, 3.63) is 65.2 Å². The van der Waals surface area contributed by atoms with Gasteiger partial charge in [-0.25, -0.2) is 0 Å². The van der Waals surface area contributed by atoms with E-state index < -0.39 is 0 Å². The van der Waals surface area contributed by atoms with Crippen molar-refractivity contribution in [2.75, 3.05) is 6.61 Å². The molecule has 0 aromatic heterocycles. The number of unbranched alkanes of at least 4 members (excludes halogenated alkanes) is 1. The van der Waals surface area contributed by atoms with Gasteiger partial charge in [-0.05, 0) is 55.9 Å². The van der Waals surface area contributed by atoms with Crippen molar-refractivity contribution in [1.29, 1.82) is 5.26 Å². The maximum absolute atomic E-state index is 9.39. The zero-order chi connectivity index (χ0) is 15.8. The number of hydrogen-bond acceptors (Lipinski definition) is 2. The van der Waals surface area contributed by atoms with Crippen molar-refractivity contribution >= 4 is 0 Å². The number of nitriles is 1. The number of hydrogen-bond donors (Lipinski definition) is 0. The van der Waals surface area contributed by atoms with Crippen molar-refractivity contribution in [1.82, 2.24) is 0 Å². The molecule has 0 aliphatic rings. The molecule has 2 aromatic rings. The first-order chi connectivity index (χ1) is 10.7. The van der Waals surface area contributed by atoms with E-state index in [1.54, 1.807) is 0 Å². The highest BCUT2D eigenvalue weighted by Gasteiger charge is 2.12. The lowest BCUT2D eigenvalue weighted by molar-refractivity contribution is 0.302. The number of ether oxygens (including phenoxy) is 1. The molecule has 2 rings (SSSR count). The van der Waals surface area contributed by atoms with Crippen LogP contribution in [0.25, 0.3) is 0 Å². The zero-order valence-corrected chi connectivity index (χ0v) is 13.4. The Hall–Kier alpha value is -2.27. The molecule has 0 fully saturated rings. The molecule has 114 valence electrons. The maximum Gasteiger partial charge on any atom is 0.122 e. The third kappa shape index (κ3) is 4.36. The molecule has 1 unspecified atom stereocenters. The standard InChI is InChI=1S/C20H23NO/c1-16-9-3-5-12-19(16)18(15-21)11-7-8-14-22-20-13-6-4-10-17(20)2/h3-6,9-10,12-13,18H,7-8,11,14H2,1-2H3. The minimum atomic E-state index is -0.0142. The van der Waals surface area contributed by atoms with Crippen LogP contribution in [-0.4, -0.2) is 6.61 Å². The van der Waals surface area contributed by atoms with E-state index in [1.807, 2.05) is 30.3 Å². The Morgan fingerprint density at radius 1 is 0.955 bits per heavy atom. The molecular formula is C20H23NO. The molecule has 0 radical (unpaired) electrons. The van der Waals surface area contributed by atoms with Gasteiger partial charge in [0.15, 0.2) is 0 Å². The fraction of sp³-hybridized carbons (Fsp3) is 0.350. The molecule has 22 heavy (non-hydrogen) atoms. The van der Waals surface area contributed by atoms with Crippen LogP contribution in [0.2, 0.25) is 0 Å². The van der Waals surface area contributed by atoms with Crippen LogP contribution in [0.5, 0.6) is 5.75 Å². The van der Waals surface area contributed by atoms with Gasteiger partial charge in [0.1, 0.15) is 5.75 Å². The van der Waals surface area contributed by atoms with Crippen LogP contribution >= 0.6 is 0 Å². The molecule has 1 atom stereocenters. The van der Waals surface area contributed by atoms with Crippen molar-refractivity contribution in [3.8, 4) is 11.8 Å². The third-order valence-corrected chi connectivity index (χ3v) is 3.96. The Morgan fingerprint density at radius 3 is 2.32 bits per heavy atom. The van der Waals surface area contributed by atoms with Gasteiger partial charge in [-0.1, -0.05) is 42.5 Å². The lowest BCUT2D eigenvalue weighted by Gasteiger charge is -2.13. The number of para-hydroxylation sites is 1. The third-order valence-electron chi connectivity index (χ3n) is 3.96. The van der Waals surface area contributed by atoms with E-state index in [2.05, 4.69) is 38.1 Å². The Labute approximate surface area is 133 Å². The summed E-state index contributed by atoms with van der Waals surface area (Å²) in [5.41, 5.74) is 3.52. The second-order valence-electron chi connectivity index (χ2n) is 5.65. The summed E-state index contributed by atoms with van der Waals surface area (Å²) in [5, 5.41) is 9.39. The summed E-state index contributed by atoms with van der Waals surface area (Å²) in [7, 11) is 0. The Balaban J connectivity index is 1.77. The largest absolute Gasteiger partial charge is 0.493 e. The first kappa shape index (κ1) is 16.1. The molecule has 0 saturated carbocycles. The minimum Gasteiger partial charge on any atom is -0.493 e. The summed E-state index contributed by atoms with van der Waals surface area (Å²) < 4.78 is 5.80. The van der Waals surface area contributed by atoms with Crippen molar-refractivity contribution in [3.63, 3.8) is 0 Å². The topological polar surface area (TPSA) is 33.0 Å². The van der Waals surface area contributed by atoms with E-state index in [1.165, 1.54) is 5.56 Å². The van der Waals surface area contributed by atoms with E-state index in [0.29, 0.717) is 6.61 Å². The summed E-state index contributed by atoms with van der Waals surface area (Å²) in [6.45, 7) is 4.83. The van der Waals surface area contributed by atoms with E-state index in [9.17, 15) is 5.26 Å². The fourth-order valence-electron chi connectivity index (χ4n) is 2.62. The average molecular weight is 293 g/mol. The van der Waals surface area contributed by atoms with E-state index in [0.717, 1.165) is 36.1 Å². The number of rotatable bonds is 7. The van der Waals surface area contributed by atoms with Crippen molar-refractivity contribution < 1.29 is 4.74 Å². The molecule has 0 spiro atoms. The monoisotopic (exact) mass is 293 g/mol. The lowest BCUT2D eigenvalue weighted by Crippen LogP contribution is -2.02. The highest BCUT2D eigenvalue weighted by Crippen LogP contribution is 2.24. The summed E-state index contributed by atoms with van der Waals surface area (Å²) in [5.74, 6) is 0.942. The molecule has 0 amide bonds. The van der Waals surface area contributed by atoms with Crippen LogP contribution < -0.4 is 4.74 Å². The van der Waals surface area contributed by atoms with Crippen LogP contribution in [0.4, 0.5) is 0 Å². The quantitative estimate of drug-likeness (QED) is 0.661. The highest BCUT2D eigenvalue weighted by atomic mass is 16.5. The van der Waals surface area contributed by atoms with Gasteiger partial charge in [0.25, 0.3) is 0 Å². The molecule has 2 aromatic carbocycles. The number of aryl methyl sites for hydroxylation is 2. The zero-order valence-electron chi connectivity index (χ0n) is 13.4. The van der Waals surface area contributed by atoms with Crippen LogP contribution in [0.15, 0.2) is 48.5 Å². The average Bonchev–Trinajstić information content (AvgIpc) is 2.53. The van der Waals surface area contributed by atoms with Gasteiger partial charge in [0.05, 0.1) is 18.6 Å². The summed E-state index contributed by atoms with van der Waals surface area (Å²) in [6, 6.07) is 18.7. The van der Waals surface area contributed by atoms with Gasteiger partial charge < -0.3 is 4.74 Å². The predicted octanol–water partition coefficient (Wildman–Crippen LogP) is 5.16. The second kappa shape index (κ2) is 8.24. The van der Waals surface area contributed by atoms with Crippen LogP contribution in [0.1, 0.15) is 41.9 Å². The molecular weight excluding hydrogens is 270 g/mol. The molecule has 0 aliphatic heterocycles. The molecule has 0 bridgehead atoms. The lowest BCUT2D eigenvalue weighted by atomic mass is 9.92. The molecule has 0 aliphatic carbocycles. The summed E-state index contributed by atoms with van der Waals surface area (Å²) in [6.07, 6.45) is 2.86. The smallest absolute Gasteiger partial charge is 0.122 e. The van der Waals surface area contributed by atoms with Gasteiger partial charge in [-0.3, -0.25) is 0 Å². The van der Waals surface area contributed by atoms with Crippen LogP contribution in [-0.2, 0) is 0 Å². The van der Waals surface area contributed by atoms with Crippen LogP contribution in [0.3, 0.4) is 0 Å². The molecule has 2 heteroatoms. The molecule has 0 saturated heterocycles. The number of benzene rings is 2. The predicted molar refractivity (Wildman–Crippen MR) is 90.1 cm³/mol. The van der Waals surface area contributed by atoms with Crippen LogP contribution in [0, 0.1) is 25.2 Å². The summed E-state index contributed by atoms with van der Waals surface area (Å²) in [4.78, 5) is 0. The minimum absolute atomic E-state index is 0.0142. The molecule has 0 N–H and O–H groups in total. The molecule has 0 heterocycles. The van der Waals surface area contributed by atoms with Gasteiger partial charge in [0.2, 0.25) is 0 Å². The second-order valence-corrected chi connectivity index (χ2v) is 5.65. The Morgan fingerprint density at radius 2 is 1.64 bits per heavy atom. The normalized spacial score (nSPS) is 11.7. The first-order valence-corrected chi connectivity index (χ1v) is 7.86. The van der Waals surface area contributed by atoms with Gasteiger partial charge in [-0.15, -0.1) is 0 Å². The summed E-state index contributed by atoms with van der Waals surface area (Å²) >= 11 is 0. The first-order valence-electron chi connectivity index (χ1n) is 7.86. The number of nitrogens with zero attached hydrogens (tertiary/aromatic N) is 1. The maximum atomic E-state index is 9.39. The van der Waals surface area contributed by atoms with Crippen molar-refractivity contribution in [2.45, 2.75) is 39.0 Å². The molecule has 2 nitrogen and oxygen atoms in total. The Bertz CT molecular complexity index is 642. The van der Waals surface area contributed by atoms with E-state index in [4.69, 9.17) is 4.74 Å². The van der Waals surface area contributed by atoms with E-state index >= 15 is 0 Å². The van der Waals surface area contributed by atoms with Gasteiger partial charge >= 0.3 is 0 Å². The van der Waals surface area contributed by atoms with E-state index in [-0.39, 0.29) is 5.92 Å². The Kier molecular flexibility index (Phi) is 6.03.